The van der Waals surface area contributed by atoms with Gasteiger partial charge in [0.15, 0.2) is 0 Å². The lowest BCUT2D eigenvalue weighted by Gasteiger charge is -2.00. The molecule has 0 N–H and O–H groups in total. The molecule has 0 aliphatic heterocycles. The van der Waals surface area contributed by atoms with Crippen LogP contribution in [0, 0.1) is 11.6 Å². The van der Waals surface area contributed by atoms with E-state index in [2.05, 4.69) is 0 Å². The molecule has 0 amide bonds. The van der Waals surface area contributed by atoms with Gasteiger partial charge in [-0.25, -0.2) is 8.78 Å². The highest BCUT2D eigenvalue weighted by Gasteiger charge is 2.11. The number of benzene rings is 2. The van der Waals surface area contributed by atoms with Crippen LogP contribution in [0.25, 0.3) is 20.5 Å². The molecule has 0 atom stereocenters. The minimum absolute atomic E-state index is 0.383. The maximum absolute atomic E-state index is 13.7. The molecule has 0 aliphatic carbocycles. The van der Waals surface area contributed by atoms with Crippen molar-refractivity contribution >= 4 is 39.3 Å². The van der Waals surface area contributed by atoms with Gasteiger partial charge >= 0.3 is 0 Å². The van der Waals surface area contributed by atoms with Gasteiger partial charge in [0, 0.05) is 21.5 Å². The average molecular weight is 309 g/mol. The first-order chi connectivity index (χ1) is 9.56. The van der Waals surface area contributed by atoms with Gasteiger partial charge in [-0.3, -0.25) is 4.79 Å². The van der Waals surface area contributed by atoms with Crippen molar-refractivity contribution in [3.05, 3.63) is 58.6 Å². The molecule has 5 heteroatoms. The Kier molecular flexibility index (Phi) is 3.28. The van der Waals surface area contributed by atoms with Gasteiger partial charge in [0.1, 0.15) is 17.9 Å². The molecule has 0 saturated heterocycles. The molecule has 0 saturated carbocycles. The van der Waals surface area contributed by atoms with Crippen LogP contribution >= 0.6 is 22.9 Å². The van der Waals surface area contributed by atoms with E-state index in [1.54, 1.807) is 24.3 Å². The lowest BCUT2D eigenvalue weighted by molar-refractivity contribution is 0.112. The summed E-state index contributed by atoms with van der Waals surface area (Å²) in [5.41, 5.74) is 1.15. The molecular formula is C15H7ClF2OS. The van der Waals surface area contributed by atoms with Crippen molar-refractivity contribution in [2.45, 2.75) is 0 Å². The van der Waals surface area contributed by atoms with Crippen LogP contribution in [0.2, 0.25) is 5.02 Å². The molecule has 1 nitrogen and oxygen atoms in total. The van der Waals surface area contributed by atoms with Crippen molar-refractivity contribution in [1.29, 1.82) is 0 Å². The van der Waals surface area contributed by atoms with E-state index >= 15 is 0 Å². The Bertz CT molecular complexity index is 826. The van der Waals surface area contributed by atoms with Crippen molar-refractivity contribution in [2.75, 3.05) is 0 Å². The predicted octanol–water partition coefficient (Wildman–Crippen LogP) is 5.31. The van der Waals surface area contributed by atoms with Gasteiger partial charge in [0.2, 0.25) is 0 Å². The number of carbonyl (C=O) groups is 1. The monoisotopic (exact) mass is 308 g/mol. The Morgan fingerprint density at radius 1 is 1.05 bits per heavy atom. The van der Waals surface area contributed by atoms with Crippen molar-refractivity contribution in [3.8, 4) is 10.4 Å². The van der Waals surface area contributed by atoms with Crippen LogP contribution in [0.15, 0.2) is 36.4 Å². The summed E-state index contributed by atoms with van der Waals surface area (Å²) in [6.45, 7) is 0. The summed E-state index contributed by atoms with van der Waals surface area (Å²) in [6.07, 6.45) is 0.697. The molecule has 1 aromatic heterocycles. The Balaban J connectivity index is 2.22. The second-order valence-corrected chi connectivity index (χ2v) is 5.80. The van der Waals surface area contributed by atoms with Crippen LogP contribution in [0.4, 0.5) is 8.78 Å². The van der Waals surface area contributed by atoms with Gasteiger partial charge in [-0.05, 0) is 41.3 Å². The van der Waals surface area contributed by atoms with E-state index in [1.807, 2.05) is 0 Å². The molecule has 1 heterocycles. The first-order valence-electron chi connectivity index (χ1n) is 5.71. The first kappa shape index (κ1) is 13.2. The maximum Gasteiger partial charge on any atom is 0.150 e. The molecule has 0 bridgehead atoms. The van der Waals surface area contributed by atoms with Crippen molar-refractivity contribution in [2.24, 2.45) is 0 Å². The molecule has 0 aliphatic rings. The van der Waals surface area contributed by atoms with Gasteiger partial charge in [-0.1, -0.05) is 11.6 Å². The second-order valence-electron chi connectivity index (χ2n) is 4.31. The zero-order chi connectivity index (χ0) is 14.3. The van der Waals surface area contributed by atoms with E-state index in [-0.39, 0.29) is 0 Å². The molecule has 3 rings (SSSR count). The highest BCUT2D eigenvalue weighted by Crippen LogP contribution is 2.36. The van der Waals surface area contributed by atoms with E-state index in [9.17, 15) is 13.6 Å². The summed E-state index contributed by atoms with van der Waals surface area (Å²) in [4.78, 5) is 11.6. The summed E-state index contributed by atoms with van der Waals surface area (Å²) >= 11 is 7.14. The van der Waals surface area contributed by atoms with Crippen LogP contribution in [-0.2, 0) is 0 Å². The minimum atomic E-state index is -0.612. The fraction of sp³-hybridized carbons (Fsp3) is 0. The van der Waals surface area contributed by atoms with Gasteiger partial charge in [-0.2, -0.15) is 0 Å². The van der Waals surface area contributed by atoms with Crippen LogP contribution in [0.3, 0.4) is 0 Å². The molecule has 100 valence electrons. The summed E-state index contributed by atoms with van der Waals surface area (Å²) in [6, 6.07) is 8.73. The summed E-state index contributed by atoms with van der Waals surface area (Å²) in [5, 5.41) is 0.920. The van der Waals surface area contributed by atoms with Crippen molar-refractivity contribution in [3.63, 3.8) is 0 Å². The number of thiophene rings is 1. The SMILES string of the molecule is O=Cc1cc(Cl)cc(-c2cc3cc(F)cc(F)c3s2)c1. The maximum atomic E-state index is 13.7. The number of fused-ring (bicyclic) bond motifs is 1. The molecular weight excluding hydrogens is 302 g/mol. The van der Waals surface area contributed by atoms with E-state index < -0.39 is 11.6 Å². The van der Waals surface area contributed by atoms with Crippen LogP contribution in [0.5, 0.6) is 0 Å². The Labute approximate surface area is 122 Å². The highest BCUT2D eigenvalue weighted by atomic mass is 35.5. The van der Waals surface area contributed by atoms with E-state index in [1.165, 1.54) is 17.4 Å². The summed E-state index contributed by atoms with van der Waals surface area (Å²) in [7, 11) is 0. The predicted molar refractivity (Wildman–Crippen MR) is 77.6 cm³/mol. The minimum Gasteiger partial charge on any atom is -0.298 e. The number of hydrogen-bond acceptors (Lipinski definition) is 2. The quantitative estimate of drug-likeness (QED) is 0.586. The molecule has 0 unspecified atom stereocenters. The lowest BCUT2D eigenvalue weighted by Crippen LogP contribution is -1.81. The molecule has 0 fully saturated rings. The number of carbonyl (C=O) groups excluding carboxylic acids is 1. The van der Waals surface area contributed by atoms with E-state index in [0.717, 1.165) is 10.9 Å². The highest BCUT2D eigenvalue weighted by molar-refractivity contribution is 7.22. The third kappa shape index (κ3) is 2.32. The largest absolute Gasteiger partial charge is 0.298 e. The standard InChI is InChI=1S/C15H7ClF2OS/c16-11-2-8(7-19)1-9(3-11)14-5-10-4-12(17)6-13(18)15(10)20-14/h1-7H. The lowest BCUT2D eigenvalue weighted by atomic mass is 10.1. The van der Waals surface area contributed by atoms with E-state index in [0.29, 0.717) is 32.5 Å². The third-order valence-corrected chi connectivity index (χ3v) is 4.30. The molecule has 20 heavy (non-hydrogen) atoms. The number of rotatable bonds is 2. The van der Waals surface area contributed by atoms with Crippen LogP contribution < -0.4 is 0 Å². The molecule has 0 spiro atoms. The fourth-order valence-corrected chi connectivity index (χ4v) is 3.32. The van der Waals surface area contributed by atoms with Gasteiger partial charge in [-0.15, -0.1) is 11.3 Å². The third-order valence-electron chi connectivity index (χ3n) is 2.88. The van der Waals surface area contributed by atoms with Gasteiger partial charge in [0.05, 0.1) is 4.70 Å². The van der Waals surface area contributed by atoms with Crippen LogP contribution in [0.1, 0.15) is 10.4 Å². The molecule has 3 aromatic rings. The topological polar surface area (TPSA) is 17.1 Å². The summed E-state index contributed by atoms with van der Waals surface area (Å²) in [5.74, 6) is -1.20. The zero-order valence-corrected chi connectivity index (χ0v) is 11.6. The Morgan fingerprint density at radius 2 is 1.85 bits per heavy atom. The zero-order valence-electron chi connectivity index (χ0n) is 9.99. The summed E-state index contributed by atoms with van der Waals surface area (Å²) < 4.78 is 27.3. The van der Waals surface area contributed by atoms with E-state index in [4.69, 9.17) is 11.6 Å². The van der Waals surface area contributed by atoms with Crippen LogP contribution in [-0.4, -0.2) is 6.29 Å². The second kappa shape index (κ2) is 4.96. The molecule has 0 radical (unpaired) electrons. The normalized spacial score (nSPS) is 10.9. The average Bonchev–Trinajstić information content (AvgIpc) is 2.82. The first-order valence-corrected chi connectivity index (χ1v) is 6.91. The van der Waals surface area contributed by atoms with Crippen molar-refractivity contribution in [1.82, 2.24) is 0 Å². The number of hydrogen-bond donors (Lipinski definition) is 0. The number of aldehydes is 1. The smallest absolute Gasteiger partial charge is 0.150 e. The molecule has 2 aromatic carbocycles. The van der Waals surface area contributed by atoms with Gasteiger partial charge < -0.3 is 0 Å². The number of halogens is 3. The Hall–Kier alpha value is -1.78. The Morgan fingerprint density at radius 3 is 2.60 bits per heavy atom. The van der Waals surface area contributed by atoms with Crippen molar-refractivity contribution < 1.29 is 13.6 Å². The van der Waals surface area contributed by atoms with Gasteiger partial charge in [0.25, 0.3) is 0 Å². The fourth-order valence-electron chi connectivity index (χ4n) is 2.04.